The molecule has 11 heteroatoms. The Morgan fingerprint density at radius 2 is 1.86 bits per heavy atom. The molecule has 11 nitrogen and oxygen atoms in total. The molecule has 2 N–H and O–H groups in total. The number of benzene rings is 1. The molecule has 2 aromatic heterocycles. The lowest BCUT2D eigenvalue weighted by Crippen LogP contribution is -2.49. The van der Waals surface area contributed by atoms with Gasteiger partial charge in [0, 0.05) is 43.0 Å². The molecule has 4 heterocycles. The summed E-state index contributed by atoms with van der Waals surface area (Å²) in [4.78, 5) is 26.3. The van der Waals surface area contributed by atoms with Crippen LogP contribution < -0.4 is 10.9 Å². The zero-order valence-electron chi connectivity index (χ0n) is 25.0. The third-order valence-electron chi connectivity index (χ3n) is 8.48. The Morgan fingerprint density at radius 1 is 1.10 bits per heavy atom. The molecule has 5 atom stereocenters. The fourth-order valence-electron chi connectivity index (χ4n) is 5.94. The second-order valence-electron chi connectivity index (χ2n) is 11.3. The third kappa shape index (κ3) is 6.57. The second-order valence-corrected chi connectivity index (χ2v) is 11.3. The van der Waals surface area contributed by atoms with Gasteiger partial charge in [-0.25, -0.2) is 4.99 Å². The van der Waals surface area contributed by atoms with Gasteiger partial charge < -0.3 is 9.64 Å². The predicted molar refractivity (Wildman–Crippen MR) is 161 cm³/mol. The first kappa shape index (κ1) is 29.5. The summed E-state index contributed by atoms with van der Waals surface area (Å²) in [6.45, 7) is 9.48. The highest BCUT2D eigenvalue weighted by Gasteiger charge is 2.33. The van der Waals surface area contributed by atoms with Crippen LogP contribution in [-0.2, 0) is 4.74 Å². The van der Waals surface area contributed by atoms with Crippen molar-refractivity contribution >= 4 is 11.8 Å². The summed E-state index contributed by atoms with van der Waals surface area (Å²) >= 11 is 0. The maximum atomic E-state index is 13.6. The van der Waals surface area contributed by atoms with E-state index in [9.17, 15) is 4.79 Å². The first-order valence-electron chi connectivity index (χ1n) is 14.8. The lowest BCUT2D eigenvalue weighted by molar-refractivity contribution is 0.0658. The summed E-state index contributed by atoms with van der Waals surface area (Å²) in [5.41, 5.74) is 8.68. The average molecular weight is 572 g/mol. The number of ether oxygens (including phenoxy) is 1. The molecule has 1 fully saturated rings. The highest BCUT2D eigenvalue weighted by Crippen LogP contribution is 2.33. The molecule has 42 heavy (non-hydrogen) atoms. The Bertz CT molecular complexity index is 1400. The fraction of sp³-hybridized carbons (Fsp3) is 0.484. The number of nitrogens with zero attached hydrogens (tertiary/aromatic N) is 7. The zero-order chi connectivity index (χ0) is 29.6. The van der Waals surface area contributed by atoms with E-state index < -0.39 is 0 Å². The van der Waals surface area contributed by atoms with Crippen molar-refractivity contribution in [3.8, 4) is 0 Å². The number of hydrogen-bond donors (Lipinski definition) is 2. The van der Waals surface area contributed by atoms with Crippen molar-refractivity contribution in [2.24, 2.45) is 22.7 Å². The van der Waals surface area contributed by atoms with Gasteiger partial charge in [0.15, 0.2) is 5.82 Å². The van der Waals surface area contributed by atoms with Crippen LogP contribution >= 0.6 is 0 Å². The Kier molecular flexibility index (Phi) is 9.38. The van der Waals surface area contributed by atoms with E-state index in [2.05, 4.69) is 75.2 Å². The molecule has 0 aliphatic carbocycles. The van der Waals surface area contributed by atoms with Gasteiger partial charge in [-0.3, -0.25) is 20.6 Å². The summed E-state index contributed by atoms with van der Waals surface area (Å²) in [5, 5.41) is 13.0. The van der Waals surface area contributed by atoms with E-state index in [0.717, 1.165) is 24.0 Å². The van der Waals surface area contributed by atoms with Crippen LogP contribution in [-0.4, -0.2) is 74.2 Å². The largest absolute Gasteiger partial charge is 0.474 e. The summed E-state index contributed by atoms with van der Waals surface area (Å²) in [5.74, 6) is 1.75. The number of amides is 1. The minimum atomic E-state index is -0.107. The van der Waals surface area contributed by atoms with Gasteiger partial charge in [-0.15, -0.1) is 10.2 Å². The highest BCUT2D eigenvalue weighted by molar-refractivity contribution is 5.98. The molecule has 2 aliphatic heterocycles. The molecule has 2 aliphatic rings. The SMILES string of the molecule is CNN[C@H]1C(C)/C=C/N=C(c2ccnc(C(=O)N3CCC(C(c4ccccc4)n4nnc(C)n4)CC3)c2)O[C@@H](C)[C@H]1C. The molecule has 1 amide bonds. The van der Waals surface area contributed by atoms with Crippen molar-refractivity contribution in [1.29, 1.82) is 0 Å². The Hall–Kier alpha value is -3.96. The summed E-state index contributed by atoms with van der Waals surface area (Å²) in [7, 11) is 1.87. The second kappa shape index (κ2) is 13.3. The lowest BCUT2D eigenvalue weighted by atomic mass is 9.85. The van der Waals surface area contributed by atoms with Crippen LogP contribution in [0.15, 0.2) is 65.9 Å². The van der Waals surface area contributed by atoms with Crippen LogP contribution in [0.4, 0.5) is 0 Å². The smallest absolute Gasteiger partial charge is 0.272 e. The van der Waals surface area contributed by atoms with Crippen molar-refractivity contribution in [3.05, 3.63) is 83.6 Å². The minimum Gasteiger partial charge on any atom is -0.474 e. The molecular formula is C31H41N9O2. The van der Waals surface area contributed by atoms with Gasteiger partial charge in [-0.1, -0.05) is 50.3 Å². The quantitative estimate of drug-likeness (QED) is 0.413. The van der Waals surface area contributed by atoms with E-state index >= 15 is 0 Å². The number of hydrazine groups is 1. The number of carbonyl (C=O) groups is 1. The molecule has 0 radical (unpaired) electrons. The van der Waals surface area contributed by atoms with Gasteiger partial charge in [0.1, 0.15) is 17.8 Å². The van der Waals surface area contributed by atoms with Gasteiger partial charge in [0.25, 0.3) is 5.91 Å². The standard InChI is InChI=1S/C31H41N9O2/c1-20-11-15-34-30(42-22(3)21(2)28(20)36-32-5)26-12-16-33-27(19-26)31(41)39-17-13-25(14-18-39)29(24-9-7-6-8-10-24)40-37-23(4)35-38-40/h6-12,15-16,19-22,25,28-29,32,36H,13-14,17-18H2,1-5H3/b15-11+,34-30?/t20?,21-,22+,28+,29?/m1/s1. The summed E-state index contributed by atoms with van der Waals surface area (Å²) in [6.07, 6.45) is 7.05. The molecule has 222 valence electrons. The number of tetrazole rings is 1. The maximum Gasteiger partial charge on any atom is 0.272 e. The normalized spacial score (nSPS) is 25.0. The van der Waals surface area contributed by atoms with Gasteiger partial charge in [0.05, 0.1) is 0 Å². The number of hydrogen-bond acceptors (Lipinski definition) is 9. The predicted octanol–water partition coefficient (Wildman–Crippen LogP) is 3.56. The van der Waals surface area contributed by atoms with Crippen molar-refractivity contribution in [2.75, 3.05) is 20.1 Å². The number of aromatic nitrogens is 5. The number of rotatable bonds is 7. The first-order chi connectivity index (χ1) is 20.4. The molecule has 1 saturated heterocycles. The minimum absolute atomic E-state index is 0.0345. The number of aliphatic imine (C=N–C) groups is 1. The summed E-state index contributed by atoms with van der Waals surface area (Å²) < 4.78 is 6.36. The number of aryl methyl sites for hydroxylation is 1. The summed E-state index contributed by atoms with van der Waals surface area (Å²) in [6, 6.07) is 14.0. The van der Waals surface area contributed by atoms with Crippen LogP contribution in [0.2, 0.25) is 0 Å². The topological polar surface area (TPSA) is 122 Å². The van der Waals surface area contributed by atoms with E-state index in [4.69, 9.17) is 4.74 Å². The molecule has 5 rings (SSSR count). The van der Waals surface area contributed by atoms with Gasteiger partial charge >= 0.3 is 0 Å². The molecule has 0 bridgehead atoms. The monoisotopic (exact) mass is 571 g/mol. The van der Waals surface area contributed by atoms with Gasteiger partial charge in [-0.05, 0) is 68.5 Å². The fourth-order valence-corrected chi connectivity index (χ4v) is 5.94. The first-order valence-corrected chi connectivity index (χ1v) is 14.8. The van der Waals surface area contributed by atoms with Gasteiger partial charge in [0.2, 0.25) is 5.90 Å². The van der Waals surface area contributed by atoms with Crippen molar-refractivity contribution in [2.45, 2.75) is 58.7 Å². The van der Waals surface area contributed by atoms with Crippen LogP contribution in [0.3, 0.4) is 0 Å². The van der Waals surface area contributed by atoms with Crippen LogP contribution in [0.5, 0.6) is 0 Å². The molecule has 2 unspecified atom stereocenters. The van der Waals surface area contributed by atoms with Crippen LogP contribution in [0.25, 0.3) is 0 Å². The number of carbonyl (C=O) groups excluding carboxylic acids is 1. The van der Waals surface area contributed by atoms with E-state index in [1.807, 2.05) is 43.1 Å². The number of nitrogens with one attached hydrogen (secondary N) is 2. The van der Waals surface area contributed by atoms with Crippen LogP contribution in [0, 0.1) is 24.7 Å². The van der Waals surface area contributed by atoms with Gasteiger partial charge in [-0.2, -0.15) is 4.80 Å². The van der Waals surface area contributed by atoms with Crippen LogP contribution in [0.1, 0.15) is 67.1 Å². The van der Waals surface area contributed by atoms with E-state index in [0.29, 0.717) is 30.5 Å². The maximum absolute atomic E-state index is 13.6. The molecular weight excluding hydrogens is 530 g/mol. The highest BCUT2D eigenvalue weighted by atomic mass is 16.5. The Labute approximate surface area is 247 Å². The van der Waals surface area contributed by atoms with E-state index in [1.165, 1.54) is 0 Å². The Morgan fingerprint density at radius 3 is 2.55 bits per heavy atom. The number of pyridine rings is 1. The number of piperidine rings is 1. The van der Waals surface area contributed by atoms with Crippen molar-refractivity contribution < 1.29 is 9.53 Å². The van der Waals surface area contributed by atoms with E-state index in [1.54, 1.807) is 23.3 Å². The Balaban J connectivity index is 1.29. The third-order valence-corrected chi connectivity index (χ3v) is 8.48. The average Bonchev–Trinajstić information content (AvgIpc) is 3.45. The molecule has 0 saturated carbocycles. The zero-order valence-corrected chi connectivity index (χ0v) is 25.0. The van der Waals surface area contributed by atoms with Crippen molar-refractivity contribution in [3.63, 3.8) is 0 Å². The van der Waals surface area contributed by atoms with Crippen molar-refractivity contribution in [1.82, 2.24) is 40.9 Å². The molecule has 1 aromatic carbocycles. The lowest BCUT2D eigenvalue weighted by Gasteiger charge is -2.35. The van der Waals surface area contributed by atoms with E-state index in [-0.39, 0.29) is 41.8 Å². The molecule has 3 aromatic rings. The molecule has 0 spiro atoms. The number of likely N-dealkylation sites (tertiary alicyclic amines) is 1.